The zero-order chi connectivity index (χ0) is 15.3. The third kappa shape index (κ3) is 4.70. The standard InChI is InChI=1S/C15H18NO3PS/c1-21-14-9-7-13(8-10-14)15(20(17,18)19)16-11-12-5-3-2-4-6-12/h2-10,15-16H,11H2,1H3,(H2,17,18,19). The molecule has 2 aromatic rings. The Labute approximate surface area is 128 Å². The first-order chi connectivity index (χ1) is 10.0. The maximum atomic E-state index is 11.7. The Hall–Kier alpha value is -1.10. The minimum Gasteiger partial charge on any atom is -0.323 e. The summed E-state index contributed by atoms with van der Waals surface area (Å²) in [7, 11) is -4.28. The second-order valence-electron chi connectivity index (χ2n) is 4.63. The molecule has 1 atom stereocenters. The maximum Gasteiger partial charge on any atom is 0.346 e. The molecule has 0 saturated heterocycles. The van der Waals surface area contributed by atoms with Gasteiger partial charge in [-0.1, -0.05) is 42.5 Å². The summed E-state index contributed by atoms with van der Waals surface area (Å²) in [6, 6.07) is 16.8. The number of hydrogen-bond donors (Lipinski definition) is 3. The van der Waals surface area contributed by atoms with Gasteiger partial charge in [0.2, 0.25) is 0 Å². The zero-order valence-electron chi connectivity index (χ0n) is 11.6. The van der Waals surface area contributed by atoms with E-state index in [-0.39, 0.29) is 0 Å². The lowest BCUT2D eigenvalue weighted by Crippen LogP contribution is -2.21. The molecule has 1 unspecified atom stereocenters. The van der Waals surface area contributed by atoms with E-state index < -0.39 is 13.4 Å². The Balaban J connectivity index is 2.16. The van der Waals surface area contributed by atoms with Gasteiger partial charge in [0.05, 0.1) is 0 Å². The maximum absolute atomic E-state index is 11.7. The molecular formula is C15H18NO3PS. The van der Waals surface area contributed by atoms with Crippen molar-refractivity contribution in [3.05, 3.63) is 65.7 Å². The van der Waals surface area contributed by atoms with Gasteiger partial charge in [0.25, 0.3) is 0 Å². The third-order valence-corrected chi connectivity index (χ3v) is 5.01. The van der Waals surface area contributed by atoms with Crippen molar-refractivity contribution < 1.29 is 14.4 Å². The highest BCUT2D eigenvalue weighted by molar-refractivity contribution is 7.98. The Morgan fingerprint density at radius 3 is 2.24 bits per heavy atom. The van der Waals surface area contributed by atoms with Crippen LogP contribution in [-0.2, 0) is 11.1 Å². The highest BCUT2D eigenvalue weighted by Crippen LogP contribution is 2.50. The SMILES string of the molecule is CSc1ccc(C(NCc2ccccc2)P(=O)(O)O)cc1. The Kier molecular flexibility index (Phi) is 5.62. The van der Waals surface area contributed by atoms with Crippen LogP contribution in [0.2, 0.25) is 0 Å². The molecule has 3 N–H and O–H groups in total. The average Bonchev–Trinajstić information content (AvgIpc) is 2.48. The molecule has 112 valence electrons. The molecule has 6 heteroatoms. The summed E-state index contributed by atoms with van der Waals surface area (Å²) in [5, 5.41) is 2.96. The van der Waals surface area contributed by atoms with Crippen LogP contribution in [-0.4, -0.2) is 16.0 Å². The van der Waals surface area contributed by atoms with E-state index in [0.717, 1.165) is 10.5 Å². The minimum atomic E-state index is -4.28. The van der Waals surface area contributed by atoms with Crippen LogP contribution in [0.5, 0.6) is 0 Å². The molecule has 0 aromatic heterocycles. The van der Waals surface area contributed by atoms with E-state index in [0.29, 0.717) is 12.1 Å². The topological polar surface area (TPSA) is 69.6 Å². The summed E-state index contributed by atoms with van der Waals surface area (Å²) in [4.78, 5) is 20.2. The lowest BCUT2D eigenvalue weighted by Gasteiger charge is -2.20. The van der Waals surface area contributed by atoms with Crippen LogP contribution in [0.1, 0.15) is 16.9 Å². The van der Waals surface area contributed by atoms with E-state index in [1.807, 2.05) is 48.7 Å². The summed E-state index contributed by atoms with van der Waals surface area (Å²) >= 11 is 1.59. The molecule has 0 spiro atoms. The van der Waals surface area contributed by atoms with Crippen molar-refractivity contribution in [2.75, 3.05) is 6.26 Å². The first kappa shape index (κ1) is 16.3. The number of nitrogens with one attached hydrogen (secondary N) is 1. The van der Waals surface area contributed by atoms with Gasteiger partial charge in [-0.05, 0) is 29.5 Å². The molecule has 0 saturated carbocycles. The van der Waals surface area contributed by atoms with Crippen LogP contribution in [0.3, 0.4) is 0 Å². The summed E-state index contributed by atoms with van der Waals surface area (Å²) in [6.07, 6.45) is 1.96. The molecular weight excluding hydrogens is 305 g/mol. The van der Waals surface area contributed by atoms with Gasteiger partial charge in [0.15, 0.2) is 0 Å². The first-order valence-electron chi connectivity index (χ1n) is 6.47. The van der Waals surface area contributed by atoms with Gasteiger partial charge in [-0.3, -0.25) is 9.88 Å². The molecule has 0 bridgehead atoms. The minimum absolute atomic E-state index is 0.404. The lowest BCUT2D eigenvalue weighted by molar-refractivity contribution is 0.347. The van der Waals surface area contributed by atoms with Crippen LogP contribution in [0.15, 0.2) is 59.5 Å². The van der Waals surface area contributed by atoms with E-state index in [9.17, 15) is 14.4 Å². The van der Waals surface area contributed by atoms with E-state index in [1.54, 1.807) is 23.9 Å². The molecule has 0 heterocycles. The second-order valence-corrected chi connectivity index (χ2v) is 7.21. The molecule has 2 rings (SSSR count). The highest BCUT2D eigenvalue weighted by Gasteiger charge is 2.29. The number of benzene rings is 2. The van der Waals surface area contributed by atoms with Crippen molar-refractivity contribution in [1.82, 2.24) is 5.32 Å². The van der Waals surface area contributed by atoms with Gasteiger partial charge in [-0.25, -0.2) is 0 Å². The monoisotopic (exact) mass is 323 g/mol. The van der Waals surface area contributed by atoms with Gasteiger partial charge in [0, 0.05) is 11.4 Å². The normalized spacial score (nSPS) is 13.1. The second kappa shape index (κ2) is 7.25. The van der Waals surface area contributed by atoms with Crippen molar-refractivity contribution in [3.8, 4) is 0 Å². The van der Waals surface area contributed by atoms with Crippen molar-refractivity contribution >= 4 is 19.4 Å². The molecule has 21 heavy (non-hydrogen) atoms. The molecule has 0 aliphatic heterocycles. The summed E-state index contributed by atoms with van der Waals surface area (Å²) in [5.74, 6) is -0.992. The van der Waals surface area contributed by atoms with Gasteiger partial charge in [0.1, 0.15) is 5.78 Å². The predicted octanol–water partition coefficient (Wildman–Crippen LogP) is 3.37. The van der Waals surface area contributed by atoms with Gasteiger partial charge in [-0.2, -0.15) is 0 Å². The smallest absolute Gasteiger partial charge is 0.323 e. The van der Waals surface area contributed by atoms with Crippen LogP contribution in [0.25, 0.3) is 0 Å². The number of rotatable bonds is 6. The van der Waals surface area contributed by atoms with Crippen molar-refractivity contribution in [2.45, 2.75) is 17.2 Å². The first-order valence-corrected chi connectivity index (χ1v) is 9.38. The predicted molar refractivity (Wildman–Crippen MR) is 86.3 cm³/mol. The lowest BCUT2D eigenvalue weighted by atomic mass is 10.2. The average molecular weight is 323 g/mol. The molecule has 0 fully saturated rings. The fourth-order valence-electron chi connectivity index (χ4n) is 2.03. The fraction of sp³-hybridized carbons (Fsp3) is 0.200. The number of thioether (sulfide) groups is 1. The van der Waals surface area contributed by atoms with Crippen LogP contribution in [0, 0.1) is 0 Å². The Morgan fingerprint density at radius 2 is 1.71 bits per heavy atom. The Morgan fingerprint density at radius 1 is 1.10 bits per heavy atom. The highest BCUT2D eigenvalue weighted by atomic mass is 32.2. The van der Waals surface area contributed by atoms with Crippen LogP contribution < -0.4 is 5.32 Å². The van der Waals surface area contributed by atoms with Crippen molar-refractivity contribution in [3.63, 3.8) is 0 Å². The van der Waals surface area contributed by atoms with E-state index in [1.165, 1.54) is 0 Å². The van der Waals surface area contributed by atoms with E-state index in [2.05, 4.69) is 5.32 Å². The number of hydrogen-bond acceptors (Lipinski definition) is 3. The van der Waals surface area contributed by atoms with Crippen LogP contribution in [0.4, 0.5) is 0 Å². The molecule has 0 aliphatic rings. The van der Waals surface area contributed by atoms with Gasteiger partial charge in [-0.15, -0.1) is 11.8 Å². The largest absolute Gasteiger partial charge is 0.346 e. The molecule has 4 nitrogen and oxygen atoms in total. The van der Waals surface area contributed by atoms with Crippen molar-refractivity contribution in [1.29, 1.82) is 0 Å². The third-order valence-electron chi connectivity index (χ3n) is 3.11. The van der Waals surface area contributed by atoms with E-state index in [4.69, 9.17) is 0 Å². The van der Waals surface area contributed by atoms with Crippen molar-refractivity contribution in [2.24, 2.45) is 0 Å². The summed E-state index contributed by atoms with van der Waals surface area (Å²) < 4.78 is 11.7. The quantitative estimate of drug-likeness (QED) is 0.562. The summed E-state index contributed by atoms with van der Waals surface area (Å²) in [6.45, 7) is 0.404. The molecule has 0 radical (unpaired) electrons. The van der Waals surface area contributed by atoms with Gasteiger partial charge < -0.3 is 9.79 Å². The Bertz CT molecular complexity index is 613. The molecule has 0 amide bonds. The fourth-order valence-corrected chi connectivity index (χ4v) is 3.33. The van der Waals surface area contributed by atoms with E-state index >= 15 is 0 Å². The van der Waals surface area contributed by atoms with Crippen LogP contribution >= 0.6 is 19.4 Å². The molecule has 2 aromatic carbocycles. The zero-order valence-corrected chi connectivity index (χ0v) is 13.3. The van der Waals surface area contributed by atoms with Gasteiger partial charge >= 0.3 is 7.60 Å². The summed E-state index contributed by atoms with van der Waals surface area (Å²) in [5.41, 5.74) is 1.58. The molecule has 0 aliphatic carbocycles.